The number of nitrogens with zero attached hydrogens (tertiary/aromatic N) is 1. The lowest BCUT2D eigenvalue weighted by molar-refractivity contribution is 0.102. The molecule has 3 aromatic rings. The van der Waals surface area contributed by atoms with Gasteiger partial charge < -0.3 is 5.32 Å². The Kier molecular flexibility index (Phi) is 7.57. The number of amides is 1. The van der Waals surface area contributed by atoms with Gasteiger partial charge in [0.1, 0.15) is 0 Å². The summed E-state index contributed by atoms with van der Waals surface area (Å²) in [5, 5.41) is 2.84. The lowest BCUT2D eigenvalue weighted by Crippen LogP contribution is -2.32. The fraction of sp³-hybridized carbons (Fsp3) is 0.321. The highest BCUT2D eigenvalue weighted by molar-refractivity contribution is 7.92. The first-order valence-corrected chi connectivity index (χ1v) is 13.5. The Morgan fingerprint density at radius 3 is 2.23 bits per heavy atom. The maximum absolute atomic E-state index is 12.8. The molecule has 7 heteroatoms. The standard InChI is InChI=1S/C28H33N3O3S/c1-20-14-16-31(17-15-20)19-23-5-7-24(8-6-23)28(32)29-25-9-11-26(12-10-25)35(33,34)30-27-13-4-21(2)18-22(27)3/h4-13,18,20,30H,14-17,19H2,1-3H3,(H,29,32). The fourth-order valence-electron chi connectivity index (χ4n) is 4.29. The van der Waals surface area contributed by atoms with E-state index >= 15 is 0 Å². The maximum atomic E-state index is 12.8. The predicted molar refractivity (Wildman–Crippen MR) is 141 cm³/mol. The zero-order valence-corrected chi connectivity index (χ0v) is 21.4. The van der Waals surface area contributed by atoms with E-state index in [4.69, 9.17) is 0 Å². The normalized spacial score (nSPS) is 15.1. The molecule has 0 saturated carbocycles. The predicted octanol–water partition coefficient (Wildman–Crippen LogP) is 5.59. The molecule has 0 atom stereocenters. The molecular weight excluding hydrogens is 458 g/mol. The van der Waals surface area contributed by atoms with Crippen molar-refractivity contribution in [2.75, 3.05) is 23.1 Å². The molecule has 184 valence electrons. The van der Waals surface area contributed by atoms with Crippen molar-refractivity contribution >= 4 is 27.3 Å². The van der Waals surface area contributed by atoms with Gasteiger partial charge in [-0.2, -0.15) is 0 Å². The van der Waals surface area contributed by atoms with Gasteiger partial charge >= 0.3 is 0 Å². The first kappa shape index (κ1) is 24.9. The Labute approximate surface area is 208 Å². The molecule has 1 saturated heterocycles. The van der Waals surface area contributed by atoms with Crippen LogP contribution in [0.5, 0.6) is 0 Å². The number of rotatable bonds is 7. The third kappa shape index (κ3) is 6.50. The van der Waals surface area contributed by atoms with Crippen molar-refractivity contribution < 1.29 is 13.2 Å². The van der Waals surface area contributed by atoms with Crippen LogP contribution < -0.4 is 10.0 Å². The topological polar surface area (TPSA) is 78.5 Å². The van der Waals surface area contributed by atoms with E-state index in [0.717, 1.165) is 36.7 Å². The van der Waals surface area contributed by atoms with E-state index in [1.807, 2.05) is 50.2 Å². The molecule has 3 aromatic carbocycles. The third-order valence-corrected chi connectivity index (χ3v) is 7.93. The number of likely N-dealkylation sites (tertiary alicyclic amines) is 1. The van der Waals surface area contributed by atoms with Gasteiger partial charge in [-0.1, -0.05) is 36.8 Å². The van der Waals surface area contributed by atoms with Crippen LogP contribution in [0.15, 0.2) is 71.6 Å². The van der Waals surface area contributed by atoms with Crippen molar-refractivity contribution in [1.82, 2.24) is 4.90 Å². The molecule has 0 aromatic heterocycles. The van der Waals surface area contributed by atoms with Crippen molar-refractivity contribution in [3.05, 3.63) is 89.0 Å². The highest BCUT2D eigenvalue weighted by Gasteiger charge is 2.17. The third-order valence-electron chi connectivity index (χ3n) is 6.55. The van der Waals surface area contributed by atoms with Crippen LogP contribution in [0.3, 0.4) is 0 Å². The average molecular weight is 492 g/mol. The second-order valence-corrected chi connectivity index (χ2v) is 11.2. The molecule has 1 aliphatic heterocycles. The Bertz CT molecular complexity index is 1280. The number of carbonyl (C=O) groups excluding carboxylic acids is 1. The number of aryl methyl sites for hydroxylation is 2. The molecule has 0 aliphatic carbocycles. The number of nitrogens with one attached hydrogen (secondary N) is 2. The Hall–Kier alpha value is -3.16. The maximum Gasteiger partial charge on any atom is 0.261 e. The van der Waals surface area contributed by atoms with Gasteiger partial charge in [0, 0.05) is 17.8 Å². The van der Waals surface area contributed by atoms with Crippen LogP contribution in [0.2, 0.25) is 0 Å². The van der Waals surface area contributed by atoms with Gasteiger partial charge in [0.25, 0.3) is 15.9 Å². The van der Waals surface area contributed by atoms with E-state index < -0.39 is 10.0 Å². The molecule has 4 rings (SSSR count). The number of sulfonamides is 1. The molecular formula is C28H33N3O3S. The zero-order valence-electron chi connectivity index (χ0n) is 20.5. The van der Waals surface area contributed by atoms with Crippen LogP contribution in [0.25, 0.3) is 0 Å². The summed E-state index contributed by atoms with van der Waals surface area (Å²) >= 11 is 0. The van der Waals surface area contributed by atoms with Crippen molar-refractivity contribution in [1.29, 1.82) is 0 Å². The van der Waals surface area contributed by atoms with Crippen molar-refractivity contribution in [3.8, 4) is 0 Å². The molecule has 1 aliphatic rings. The van der Waals surface area contributed by atoms with Crippen molar-refractivity contribution in [2.45, 2.75) is 45.1 Å². The summed E-state index contributed by atoms with van der Waals surface area (Å²) in [5.41, 5.74) is 4.76. The SMILES string of the molecule is Cc1ccc(NS(=O)(=O)c2ccc(NC(=O)c3ccc(CN4CCC(C)CC4)cc3)cc2)c(C)c1. The largest absolute Gasteiger partial charge is 0.322 e. The first-order valence-electron chi connectivity index (χ1n) is 12.0. The van der Waals surface area contributed by atoms with Gasteiger partial charge in [-0.3, -0.25) is 14.4 Å². The molecule has 1 heterocycles. The summed E-state index contributed by atoms with van der Waals surface area (Å²) in [6, 6.07) is 19.4. The Balaban J connectivity index is 1.36. The quantitative estimate of drug-likeness (QED) is 0.452. The van der Waals surface area contributed by atoms with Crippen LogP contribution in [-0.4, -0.2) is 32.3 Å². The minimum atomic E-state index is -3.73. The van der Waals surface area contributed by atoms with E-state index in [2.05, 4.69) is 21.9 Å². The summed E-state index contributed by atoms with van der Waals surface area (Å²) in [6.07, 6.45) is 2.48. The van der Waals surface area contributed by atoms with Crippen LogP contribution in [0.1, 0.15) is 46.8 Å². The highest BCUT2D eigenvalue weighted by atomic mass is 32.2. The summed E-state index contributed by atoms with van der Waals surface area (Å²) in [5.74, 6) is 0.576. The van der Waals surface area contributed by atoms with Crippen molar-refractivity contribution in [3.63, 3.8) is 0 Å². The van der Waals surface area contributed by atoms with Gasteiger partial charge in [-0.25, -0.2) is 8.42 Å². The summed E-state index contributed by atoms with van der Waals surface area (Å²) in [6.45, 7) is 9.28. The van der Waals surface area contributed by atoms with E-state index in [1.165, 1.54) is 30.5 Å². The van der Waals surface area contributed by atoms with Gasteiger partial charge in [-0.05, 0) is 99.3 Å². The molecule has 0 bridgehead atoms. The molecule has 0 spiro atoms. The van der Waals surface area contributed by atoms with Crippen LogP contribution in [0.4, 0.5) is 11.4 Å². The lowest BCUT2D eigenvalue weighted by atomic mass is 9.99. The molecule has 2 N–H and O–H groups in total. The minimum Gasteiger partial charge on any atom is -0.322 e. The van der Waals surface area contributed by atoms with E-state index in [9.17, 15) is 13.2 Å². The van der Waals surface area contributed by atoms with Crippen LogP contribution in [0, 0.1) is 19.8 Å². The molecule has 1 amide bonds. The molecule has 6 nitrogen and oxygen atoms in total. The van der Waals surface area contributed by atoms with E-state index in [0.29, 0.717) is 16.9 Å². The number of hydrogen-bond donors (Lipinski definition) is 2. The Morgan fingerprint density at radius 2 is 1.60 bits per heavy atom. The highest BCUT2D eigenvalue weighted by Crippen LogP contribution is 2.22. The zero-order chi connectivity index (χ0) is 25.0. The fourth-order valence-corrected chi connectivity index (χ4v) is 5.42. The number of benzene rings is 3. The van der Waals surface area contributed by atoms with Gasteiger partial charge in [0.15, 0.2) is 0 Å². The lowest BCUT2D eigenvalue weighted by Gasteiger charge is -2.30. The van der Waals surface area contributed by atoms with Crippen molar-refractivity contribution in [2.24, 2.45) is 5.92 Å². The molecule has 1 fully saturated rings. The summed E-state index contributed by atoms with van der Waals surface area (Å²) < 4.78 is 28.2. The number of piperidine rings is 1. The second-order valence-electron chi connectivity index (χ2n) is 9.56. The number of anilines is 2. The van der Waals surface area contributed by atoms with Crippen LogP contribution in [-0.2, 0) is 16.6 Å². The number of carbonyl (C=O) groups is 1. The summed E-state index contributed by atoms with van der Waals surface area (Å²) in [4.78, 5) is 15.3. The van der Waals surface area contributed by atoms with E-state index in [-0.39, 0.29) is 10.8 Å². The minimum absolute atomic E-state index is 0.131. The van der Waals surface area contributed by atoms with Gasteiger partial charge in [0.05, 0.1) is 10.6 Å². The Morgan fingerprint density at radius 1 is 0.943 bits per heavy atom. The monoisotopic (exact) mass is 491 g/mol. The molecule has 35 heavy (non-hydrogen) atoms. The van der Waals surface area contributed by atoms with Gasteiger partial charge in [-0.15, -0.1) is 0 Å². The average Bonchev–Trinajstić information content (AvgIpc) is 2.83. The summed E-state index contributed by atoms with van der Waals surface area (Å²) in [7, 11) is -3.73. The van der Waals surface area contributed by atoms with E-state index in [1.54, 1.807) is 18.2 Å². The van der Waals surface area contributed by atoms with Gasteiger partial charge in [0.2, 0.25) is 0 Å². The first-order chi connectivity index (χ1) is 16.7. The molecule has 0 radical (unpaired) electrons. The smallest absolute Gasteiger partial charge is 0.261 e. The number of hydrogen-bond acceptors (Lipinski definition) is 4. The van der Waals surface area contributed by atoms with Crippen LogP contribution >= 0.6 is 0 Å². The molecule has 0 unspecified atom stereocenters. The second kappa shape index (κ2) is 10.6.